The third-order valence-electron chi connectivity index (χ3n) is 16.8. The molecular formula is C68H48N6S7. The first-order valence-electron chi connectivity index (χ1n) is 26.5. The van der Waals surface area contributed by atoms with Crippen LogP contribution < -0.4 is 5.73 Å². The number of hydrogen-bond donors (Lipinski definition) is 4. The second-order valence-electron chi connectivity index (χ2n) is 21.5. The van der Waals surface area contributed by atoms with Crippen LogP contribution >= 0.6 is 82.3 Å². The van der Waals surface area contributed by atoms with E-state index in [0.717, 1.165) is 32.0 Å². The number of nitrogens with two attached hydrogens (primary N) is 1. The van der Waals surface area contributed by atoms with Crippen molar-refractivity contribution in [3.63, 3.8) is 0 Å². The molecule has 0 saturated heterocycles. The molecule has 13 heteroatoms. The van der Waals surface area contributed by atoms with E-state index in [1.165, 1.54) is 116 Å². The number of benzene rings is 5. The fourth-order valence-corrected chi connectivity index (χ4v) is 20.5. The van der Waals surface area contributed by atoms with Gasteiger partial charge in [0.1, 0.15) is 23.4 Å². The van der Waals surface area contributed by atoms with E-state index in [2.05, 4.69) is 196 Å². The van der Waals surface area contributed by atoms with Gasteiger partial charge in [-0.1, -0.05) is 150 Å². The normalized spacial score (nSPS) is 17.6. The minimum absolute atomic E-state index is 0.0518. The summed E-state index contributed by atoms with van der Waals surface area (Å²) in [5.41, 5.74) is 28.2. The molecule has 3 N–H and O–H groups in total. The molecule has 392 valence electrons. The quantitative estimate of drug-likeness (QED) is 0.0689. The van der Waals surface area contributed by atoms with E-state index in [-0.39, 0.29) is 5.57 Å². The molecule has 1 atom stereocenters. The number of thiol groups is 2. The first kappa shape index (κ1) is 51.8. The minimum atomic E-state index is -0.720. The Bertz CT molecular complexity index is 4610. The zero-order valence-corrected chi connectivity index (χ0v) is 50.4. The van der Waals surface area contributed by atoms with Crippen molar-refractivity contribution >= 4 is 139 Å². The Kier molecular flexibility index (Phi) is 12.4. The van der Waals surface area contributed by atoms with Gasteiger partial charge in [-0.05, 0) is 147 Å². The maximum absolute atomic E-state index is 9.47. The summed E-state index contributed by atoms with van der Waals surface area (Å²) in [6, 6.07) is 50.2. The highest BCUT2D eigenvalue weighted by Crippen LogP contribution is 2.69. The monoisotopic (exact) mass is 1170 g/mol. The van der Waals surface area contributed by atoms with Crippen LogP contribution in [0, 0.1) is 55.8 Å². The lowest BCUT2D eigenvalue weighted by molar-refractivity contribution is 0.766. The molecule has 5 heterocycles. The lowest BCUT2D eigenvalue weighted by Gasteiger charge is -2.35. The van der Waals surface area contributed by atoms with Crippen LogP contribution in [0.5, 0.6) is 0 Å². The van der Waals surface area contributed by atoms with Crippen molar-refractivity contribution in [3.05, 3.63) is 245 Å². The highest BCUT2D eigenvalue weighted by atomic mass is 32.1. The van der Waals surface area contributed by atoms with Gasteiger partial charge in [-0.2, -0.15) is 10.5 Å². The van der Waals surface area contributed by atoms with Crippen LogP contribution in [-0.2, 0) is 10.8 Å². The topological polar surface area (TPSA) is 122 Å². The van der Waals surface area contributed by atoms with E-state index in [1.54, 1.807) is 28.7 Å². The molecule has 4 aliphatic rings. The number of nitriles is 2. The summed E-state index contributed by atoms with van der Waals surface area (Å²) in [5.74, 6) is 0. The SMILES string of the molecule is CC1=CC=C(c2cc3sc4c5c(sc4c3s2)-c2cc3c(cc2C5(c2ccc(C)cc2)c2ccc(C)cc2)-c2sc4cc(C5=CC=C(CC=C(C#N)C#N)C(N)/C5=N\S)sc4c2C3(c2ccc(C)cc2)c2ccc(C)cc2)/C(=N/S)C1=N. The fourth-order valence-electron chi connectivity index (χ4n) is 12.8. The Morgan fingerprint density at radius 2 is 1.04 bits per heavy atom. The highest BCUT2D eigenvalue weighted by molar-refractivity contribution is 7.79. The number of allylic oxidation sites excluding steroid dienone is 8. The van der Waals surface area contributed by atoms with E-state index in [1.807, 2.05) is 65.2 Å². The van der Waals surface area contributed by atoms with Crippen LogP contribution in [0.3, 0.4) is 0 Å². The fraction of sp³-hybridized carbons (Fsp3) is 0.132. The first-order chi connectivity index (χ1) is 39.3. The van der Waals surface area contributed by atoms with Crippen molar-refractivity contribution in [3.8, 4) is 33.0 Å². The van der Waals surface area contributed by atoms with Gasteiger partial charge < -0.3 is 5.73 Å². The highest BCUT2D eigenvalue weighted by Gasteiger charge is 2.54. The molecule has 0 amide bonds. The maximum atomic E-state index is 9.47. The average molecular weight is 1170 g/mol. The van der Waals surface area contributed by atoms with Gasteiger partial charge in [0.15, 0.2) is 0 Å². The van der Waals surface area contributed by atoms with Gasteiger partial charge in [-0.25, -0.2) is 8.80 Å². The summed E-state index contributed by atoms with van der Waals surface area (Å²) in [7, 11) is 0. The van der Waals surface area contributed by atoms with Crippen molar-refractivity contribution in [2.75, 3.05) is 0 Å². The summed E-state index contributed by atoms with van der Waals surface area (Å²) >= 11 is 18.1. The lowest BCUT2D eigenvalue weighted by atomic mass is 9.65. The van der Waals surface area contributed by atoms with Crippen LogP contribution in [0.15, 0.2) is 177 Å². The van der Waals surface area contributed by atoms with Crippen LogP contribution in [0.25, 0.3) is 60.2 Å². The van der Waals surface area contributed by atoms with Gasteiger partial charge in [0, 0.05) is 51.2 Å². The van der Waals surface area contributed by atoms with E-state index < -0.39 is 16.9 Å². The molecule has 0 aliphatic heterocycles. The number of hydrogen-bond acceptors (Lipinski definition) is 13. The third kappa shape index (κ3) is 7.54. The van der Waals surface area contributed by atoms with Crippen molar-refractivity contribution in [1.29, 1.82) is 15.9 Å². The van der Waals surface area contributed by atoms with E-state index in [0.29, 0.717) is 23.6 Å². The Balaban J connectivity index is 1.06. The molecule has 4 aliphatic carbocycles. The predicted octanol–water partition coefficient (Wildman–Crippen LogP) is 18.4. The number of thiophene rings is 5. The number of aryl methyl sites for hydroxylation is 4. The third-order valence-corrected chi connectivity index (χ3v) is 23.7. The molecule has 5 aromatic carbocycles. The molecule has 1 unspecified atom stereocenters. The average Bonchev–Trinajstić information content (AvgIpc) is 2.23. The van der Waals surface area contributed by atoms with Crippen molar-refractivity contribution < 1.29 is 0 Å². The van der Waals surface area contributed by atoms with Gasteiger partial charge in [-0.3, -0.25) is 5.41 Å². The van der Waals surface area contributed by atoms with Crippen molar-refractivity contribution in [2.45, 2.75) is 57.9 Å². The molecule has 0 saturated carbocycles. The number of rotatable bonds is 8. The van der Waals surface area contributed by atoms with Crippen molar-refractivity contribution in [2.24, 2.45) is 14.5 Å². The summed E-state index contributed by atoms with van der Waals surface area (Å²) in [6.45, 7) is 10.6. The van der Waals surface area contributed by atoms with E-state index in [4.69, 9.17) is 11.1 Å². The molecular weight excluding hydrogens is 1130 g/mol. The minimum Gasteiger partial charge on any atom is -0.319 e. The standard InChI is InChI=1S/C68H48N6S7/c1-34-6-18-41(19-7-34)67(42-20-8-35(2)9-21-42)49-29-48-50(28-47(49)61-55(67)63-53(79-61)30-51(77-63)46-27-17-40(58(72)60(46)74-76)16-15-39(32-69)33-70)68(43-22-10-36(3)11-23-43,44-24-12-37(4)13-25-44)56-62(48)81-66-64-54(80-65(56)66)31-52(78-64)45-26-14-38(5)57(71)59(45)73-75/h6-15,17-31,58,71,75-76H,16,72H2,1-5H3/b71-57?,73-59-,74-60-. The summed E-state index contributed by atoms with van der Waals surface area (Å²) in [6.07, 6.45) is 10.2. The van der Waals surface area contributed by atoms with Crippen LogP contribution in [0.1, 0.15) is 89.9 Å². The van der Waals surface area contributed by atoms with Crippen molar-refractivity contribution in [1.82, 2.24) is 0 Å². The summed E-state index contributed by atoms with van der Waals surface area (Å²) in [5, 5.41) is 27.8. The van der Waals surface area contributed by atoms with Gasteiger partial charge >= 0.3 is 0 Å². The zero-order valence-electron chi connectivity index (χ0n) is 44.5. The number of nitrogens with zero attached hydrogens (tertiary/aromatic N) is 4. The Hall–Kier alpha value is -7.27. The smallest absolute Gasteiger partial charge is 0.126 e. The largest absolute Gasteiger partial charge is 0.319 e. The number of nitrogens with one attached hydrogen (secondary N) is 1. The van der Waals surface area contributed by atoms with Gasteiger partial charge in [0.25, 0.3) is 0 Å². The molecule has 10 aromatic rings. The first-order valence-corrected chi connectivity index (χ1v) is 31.3. The Morgan fingerprint density at radius 1 is 0.568 bits per heavy atom. The zero-order chi connectivity index (χ0) is 55.8. The van der Waals surface area contributed by atoms with Gasteiger partial charge in [0.2, 0.25) is 0 Å². The molecule has 6 nitrogen and oxygen atoms in total. The van der Waals surface area contributed by atoms with Crippen LogP contribution in [0.2, 0.25) is 0 Å². The molecule has 0 fully saturated rings. The lowest BCUT2D eigenvalue weighted by Crippen LogP contribution is -2.34. The Morgan fingerprint density at radius 3 is 1.54 bits per heavy atom. The van der Waals surface area contributed by atoms with E-state index in [9.17, 15) is 10.5 Å². The summed E-state index contributed by atoms with van der Waals surface area (Å²) < 4.78 is 16.4. The molecule has 5 aromatic heterocycles. The second kappa shape index (κ2) is 19.4. The molecule has 14 rings (SSSR count). The van der Waals surface area contributed by atoms with E-state index >= 15 is 0 Å². The summed E-state index contributed by atoms with van der Waals surface area (Å²) in [4.78, 5) is 4.69. The predicted molar refractivity (Wildman–Crippen MR) is 352 cm³/mol. The van der Waals surface area contributed by atoms with Crippen LogP contribution in [0.4, 0.5) is 0 Å². The molecule has 0 bridgehead atoms. The second-order valence-corrected chi connectivity index (χ2v) is 27.1. The molecule has 0 spiro atoms. The number of fused-ring (bicyclic) bond motifs is 12. The van der Waals surface area contributed by atoms with Gasteiger partial charge in [-0.15, -0.1) is 56.7 Å². The van der Waals surface area contributed by atoms with Crippen LogP contribution in [-0.4, -0.2) is 23.2 Å². The maximum Gasteiger partial charge on any atom is 0.126 e. The molecule has 0 radical (unpaired) electrons. The Labute approximate surface area is 500 Å². The van der Waals surface area contributed by atoms with Gasteiger partial charge in [0.05, 0.1) is 47.1 Å². The molecule has 81 heavy (non-hydrogen) atoms.